The minimum Gasteiger partial charge on any atom is -0.493 e. The molecule has 1 aromatic carbocycles. The van der Waals surface area contributed by atoms with Gasteiger partial charge in [-0.1, -0.05) is 20.8 Å². The smallest absolute Gasteiger partial charge is 0.254 e. The summed E-state index contributed by atoms with van der Waals surface area (Å²) in [5.41, 5.74) is 0.453. The van der Waals surface area contributed by atoms with E-state index in [-0.39, 0.29) is 18.4 Å². The molecule has 1 N–H and O–H groups in total. The van der Waals surface area contributed by atoms with Crippen LogP contribution in [0.2, 0.25) is 0 Å². The molecule has 0 saturated carbocycles. The molecule has 0 fully saturated rings. The quantitative estimate of drug-likeness (QED) is 0.584. The van der Waals surface area contributed by atoms with E-state index in [1.807, 2.05) is 20.8 Å². The number of methoxy groups -OCH3 is 1. The van der Waals surface area contributed by atoms with Crippen molar-refractivity contribution < 1.29 is 19.1 Å². The Balaban J connectivity index is 3.03. The lowest BCUT2D eigenvalue weighted by molar-refractivity contribution is -0.121. The van der Waals surface area contributed by atoms with Gasteiger partial charge in [0.05, 0.1) is 24.7 Å². The summed E-state index contributed by atoms with van der Waals surface area (Å²) in [5.74, 6) is 0.707. The third-order valence-corrected chi connectivity index (χ3v) is 4.20. The van der Waals surface area contributed by atoms with Crippen LogP contribution in [0.15, 0.2) is 16.6 Å². The maximum absolute atomic E-state index is 12.9. The second kappa shape index (κ2) is 11.8. The van der Waals surface area contributed by atoms with Crippen LogP contribution in [0.5, 0.6) is 11.5 Å². The molecule has 0 aromatic heterocycles. The van der Waals surface area contributed by atoms with Crippen LogP contribution in [0.25, 0.3) is 0 Å². The van der Waals surface area contributed by atoms with Crippen molar-refractivity contribution in [1.82, 2.24) is 10.2 Å². The number of halogens is 1. The standard InChI is InChI=1S/C19H29BrN2O4/c1-5-8-21-17(23)13-22(9-6-2)19(24)14-11-15(20)18(26-10-7-3)16(12-14)25-4/h11-12H,5-10,13H2,1-4H3,(H,21,23). The molecule has 26 heavy (non-hydrogen) atoms. The molecule has 0 atom stereocenters. The lowest BCUT2D eigenvalue weighted by atomic mass is 10.1. The van der Waals surface area contributed by atoms with E-state index in [4.69, 9.17) is 9.47 Å². The van der Waals surface area contributed by atoms with E-state index in [0.717, 1.165) is 19.3 Å². The van der Waals surface area contributed by atoms with Crippen LogP contribution in [0, 0.1) is 0 Å². The molecule has 146 valence electrons. The molecule has 6 nitrogen and oxygen atoms in total. The van der Waals surface area contributed by atoms with Gasteiger partial charge in [-0.05, 0) is 47.3 Å². The van der Waals surface area contributed by atoms with Crippen molar-refractivity contribution in [1.29, 1.82) is 0 Å². The van der Waals surface area contributed by atoms with Gasteiger partial charge >= 0.3 is 0 Å². The van der Waals surface area contributed by atoms with E-state index >= 15 is 0 Å². The zero-order chi connectivity index (χ0) is 19.5. The van der Waals surface area contributed by atoms with E-state index in [1.54, 1.807) is 17.0 Å². The summed E-state index contributed by atoms with van der Waals surface area (Å²) in [6, 6.07) is 3.37. The van der Waals surface area contributed by atoms with Gasteiger partial charge in [-0.25, -0.2) is 0 Å². The summed E-state index contributed by atoms with van der Waals surface area (Å²) < 4.78 is 11.7. The lowest BCUT2D eigenvalue weighted by Gasteiger charge is -2.22. The van der Waals surface area contributed by atoms with Crippen LogP contribution in [-0.4, -0.2) is 50.1 Å². The van der Waals surface area contributed by atoms with Gasteiger partial charge < -0.3 is 19.7 Å². The number of rotatable bonds is 11. The zero-order valence-corrected chi connectivity index (χ0v) is 17.6. The minimum absolute atomic E-state index is 0.0424. The summed E-state index contributed by atoms with van der Waals surface area (Å²) in [7, 11) is 1.54. The number of nitrogens with zero attached hydrogens (tertiary/aromatic N) is 1. The first-order valence-electron chi connectivity index (χ1n) is 9.04. The molecule has 0 radical (unpaired) electrons. The van der Waals surface area contributed by atoms with Gasteiger partial charge in [-0.2, -0.15) is 0 Å². The number of hydrogen-bond donors (Lipinski definition) is 1. The van der Waals surface area contributed by atoms with Crippen molar-refractivity contribution in [3.05, 3.63) is 22.2 Å². The fraction of sp³-hybridized carbons (Fsp3) is 0.579. The highest BCUT2D eigenvalue weighted by Gasteiger charge is 2.21. The van der Waals surface area contributed by atoms with Crippen molar-refractivity contribution in [3.8, 4) is 11.5 Å². The first-order valence-corrected chi connectivity index (χ1v) is 9.83. The number of nitrogens with one attached hydrogen (secondary N) is 1. The molecule has 7 heteroatoms. The summed E-state index contributed by atoms with van der Waals surface area (Å²) in [5, 5.41) is 2.81. The first kappa shape index (κ1) is 22.3. The summed E-state index contributed by atoms with van der Waals surface area (Å²) in [6.45, 7) is 7.69. The largest absolute Gasteiger partial charge is 0.493 e. The van der Waals surface area contributed by atoms with Gasteiger partial charge in [0.15, 0.2) is 11.5 Å². The van der Waals surface area contributed by atoms with Gasteiger partial charge in [0, 0.05) is 18.7 Å². The van der Waals surface area contributed by atoms with Gasteiger partial charge in [0.1, 0.15) is 0 Å². The summed E-state index contributed by atoms with van der Waals surface area (Å²) in [6.07, 6.45) is 2.49. The third kappa shape index (κ3) is 6.52. The fourth-order valence-electron chi connectivity index (χ4n) is 2.39. The van der Waals surface area contributed by atoms with Crippen LogP contribution >= 0.6 is 15.9 Å². The third-order valence-electron chi connectivity index (χ3n) is 3.61. The number of amides is 2. The number of carbonyl (C=O) groups is 2. The van der Waals surface area contributed by atoms with Gasteiger partial charge in [0.2, 0.25) is 5.91 Å². The molecule has 0 aliphatic carbocycles. The zero-order valence-electron chi connectivity index (χ0n) is 16.1. The molecule has 2 amide bonds. The molecule has 0 aliphatic rings. The highest BCUT2D eigenvalue weighted by atomic mass is 79.9. The Morgan fingerprint density at radius 3 is 2.46 bits per heavy atom. The van der Waals surface area contributed by atoms with Crippen LogP contribution < -0.4 is 14.8 Å². The van der Waals surface area contributed by atoms with Crippen molar-refractivity contribution in [2.75, 3.05) is 33.4 Å². The molecule has 0 saturated heterocycles. The SMILES string of the molecule is CCCNC(=O)CN(CCC)C(=O)c1cc(Br)c(OCCC)c(OC)c1. The van der Waals surface area contributed by atoms with Crippen molar-refractivity contribution >= 4 is 27.7 Å². The second-order valence-electron chi connectivity index (χ2n) is 5.91. The molecular weight excluding hydrogens is 400 g/mol. The molecule has 0 bridgehead atoms. The normalized spacial score (nSPS) is 10.3. The van der Waals surface area contributed by atoms with E-state index in [2.05, 4.69) is 21.2 Å². The topological polar surface area (TPSA) is 67.9 Å². The summed E-state index contributed by atoms with van der Waals surface area (Å²) in [4.78, 5) is 26.5. The number of hydrogen-bond acceptors (Lipinski definition) is 4. The van der Waals surface area contributed by atoms with E-state index in [0.29, 0.717) is 41.2 Å². The van der Waals surface area contributed by atoms with E-state index in [1.165, 1.54) is 7.11 Å². The number of benzene rings is 1. The average Bonchev–Trinajstić information content (AvgIpc) is 2.63. The van der Waals surface area contributed by atoms with Crippen molar-refractivity contribution in [2.45, 2.75) is 40.0 Å². The lowest BCUT2D eigenvalue weighted by Crippen LogP contribution is -2.41. The Hall–Kier alpha value is -1.76. The first-order chi connectivity index (χ1) is 12.5. The van der Waals surface area contributed by atoms with Crippen molar-refractivity contribution in [2.24, 2.45) is 0 Å². The molecule has 0 heterocycles. The van der Waals surface area contributed by atoms with Crippen LogP contribution in [0.3, 0.4) is 0 Å². The van der Waals surface area contributed by atoms with Crippen LogP contribution in [-0.2, 0) is 4.79 Å². The van der Waals surface area contributed by atoms with E-state index < -0.39 is 0 Å². The van der Waals surface area contributed by atoms with E-state index in [9.17, 15) is 9.59 Å². The molecule has 0 spiro atoms. The Labute approximate surface area is 164 Å². The molecule has 0 unspecified atom stereocenters. The predicted octanol–water partition coefficient (Wildman–Crippen LogP) is 3.62. The van der Waals surface area contributed by atoms with Gasteiger partial charge in [-0.15, -0.1) is 0 Å². The Morgan fingerprint density at radius 1 is 1.15 bits per heavy atom. The Morgan fingerprint density at radius 2 is 1.88 bits per heavy atom. The van der Waals surface area contributed by atoms with Crippen LogP contribution in [0.1, 0.15) is 50.4 Å². The van der Waals surface area contributed by atoms with Crippen molar-refractivity contribution in [3.63, 3.8) is 0 Å². The highest BCUT2D eigenvalue weighted by Crippen LogP contribution is 2.37. The maximum Gasteiger partial charge on any atom is 0.254 e. The van der Waals surface area contributed by atoms with Gasteiger partial charge in [-0.3, -0.25) is 9.59 Å². The Kier molecular flexibility index (Phi) is 10.1. The highest BCUT2D eigenvalue weighted by molar-refractivity contribution is 9.10. The fourth-order valence-corrected chi connectivity index (χ4v) is 2.94. The second-order valence-corrected chi connectivity index (χ2v) is 6.77. The molecular formula is C19H29BrN2O4. The number of carbonyl (C=O) groups excluding carboxylic acids is 2. The van der Waals surface area contributed by atoms with Crippen LogP contribution in [0.4, 0.5) is 0 Å². The molecule has 0 aliphatic heterocycles. The average molecular weight is 429 g/mol. The molecule has 1 aromatic rings. The van der Waals surface area contributed by atoms with Gasteiger partial charge in [0.25, 0.3) is 5.91 Å². The minimum atomic E-state index is -0.209. The Bertz CT molecular complexity index is 607. The maximum atomic E-state index is 12.9. The molecule has 1 rings (SSSR count). The predicted molar refractivity (Wildman–Crippen MR) is 106 cm³/mol. The monoisotopic (exact) mass is 428 g/mol. The summed E-state index contributed by atoms with van der Waals surface area (Å²) >= 11 is 3.46. The number of ether oxygens (including phenoxy) is 2.